The summed E-state index contributed by atoms with van der Waals surface area (Å²) in [6.45, 7) is 2.69. The number of pyridine rings is 1. The Morgan fingerprint density at radius 1 is 1.35 bits per heavy atom. The predicted molar refractivity (Wildman–Crippen MR) is 98.3 cm³/mol. The molecule has 1 fully saturated rings. The van der Waals surface area contributed by atoms with Crippen molar-refractivity contribution in [3.8, 4) is 17.0 Å². The maximum atomic E-state index is 12.5. The molecule has 136 valence electrons. The minimum absolute atomic E-state index is 0.00137. The lowest BCUT2D eigenvalue weighted by molar-refractivity contribution is 0.0598. The highest BCUT2D eigenvalue weighted by atomic mass is 35.5. The van der Waals surface area contributed by atoms with Crippen LogP contribution in [0.5, 0.6) is 5.75 Å². The normalized spacial score (nSPS) is 16.7. The van der Waals surface area contributed by atoms with Crippen LogP contribution in [0.15, 0.2) is 29.2 Å². The number of aromatic nitrogens is 1. The van der Waals surface area contributed by atoms with E-state index in [4.69, 9.17) is 16.3 Å². The molecule has 0 unspecified atom stereocenters. The summed E-state index contributed by atoms with van der Waals surface area (Å²) in [5.41, 5.74) is 1.93. The first-order valence-electron chi connectivity index (χ1n) is 8.55. The fourth-order valence-corrected chi connectivity index (χ4v) is 3.90. The summed E-state index contributed by atoms with van der Waals surface area (Å²) in [5.74, 6) is -0.630. The molecule has 1 N–H and O–H groups in total. The standard InChI is InChI=1S/C19H19ClN2O4/c1-3-19(4-5-19)22-9-11-6-17(24)14(20)7-12(11)15-8-16(23)13(10-21(15)22)18(25)26-2/h6-8,10,24H,3-5,9H2,1-2H3. The maximum Gasteiger partial charge on any atom is 0.343 e. The summed E-state index contributed by atoms with van der Waals surface area (Å²) in [6, 6.07) is 4.76. The van der Waals surface area contributed by atoms with E-state index in [1.165, 1.54) is 13.2 Å². The van der Waals surface area contributed by atoms with E-state index in [-0.39, 0.29) is 21.9 Å². The summed E-state index contributed by atoms with van der Waals surface area (Å²) in [5, 5.41) is 12.4. The van der Waals surface area contributed by atoms with Gasteiger partial charge in [0.2, 0.25) is 0 Å². The van der Waals surface area contributed by atoms with Crippen LogP contribution in [0.3, 0.4) is 0 Å². The Hall–Kier alpha value is -2.47. The van der Waals surface area contributed by atoms with E-state index in [1.807, 2.05) is 4.68 Å². The number of hydrogen-bond acceptors (Lipinski definition) is 5. The van der Waals surface area contributed by atoms with Gasteiger partial charge < -0.3 is 14.9 Å². The fraction of sp³-hybridized carbons (Fsp3) is 0.368. The van der Waals surface area contributed by atoms with Crippen molar-refractivity contribution in [1.29, 1.82) is 0 Å². The Kier molecular flexibility index (Phi) is 3.77. The molecule has 0 radical (unpaired) electrons. The molecule has 7 heteroatoms. The van der Waals surface area contributed by atoms with Crippen LogP contribution in [0.1, 0.15) is 42.1 Å². The monoisotopic (exact) mass is 374 g/mol. The maximum absolute atomic E-state index is 12.5. The van der Waals surface area contributed by atoms with Crippen molar-refractivity contribution in [3.05, 3.63) is 50.8 Å². The molecule has 1 aliphatic heterocycles. The van der Waals surface area contributed by atoms with Gasteiger partial charge in [0.25, 0.3) is 0 Å². The van der Waals surface area contributed by atoms with Crippen molar-refractivity contribution >= 4 is 17.6 Å². The van der Waals surface area contributed by atoms with E-state index >= 15 is 0 Å². The lowest BCUT2D eigenvalue weighted by Crippen LogP contribution is -2.48. The molecule has 0 saturated heterocycles. The van der Waals surface area contributed by atoms with Crippen molar-refractivity contribution in [2.75, 3.05) is 12.1 Å². The van der Waals surface area contributed by atoms with Gasteiger partial charge in [0.1, 0.15) is 11.3 Å². The van der Waals surface area contributed by atoms with Crippen molar-refractivity contribution < 1.29 is 14.6 Å². The van der Waals surface area contributed by atoms with Crippen LogP contribution in [0.2, 0.25) is 5.02 Å². The molecule has 0 bridgehead atoms. The first-order valence-corrected chi connectivity index (χ1v) is 8.92. The number of fused-ring (bicyclic) bond motifs is 3. The van der Waals surface area contributed by atoms with E-state index in [0.717, 1.165) is 30.4 Å². The second-order valence-corrected chi connectivity index (χ2v) is 7.28. The van der Waals surface area contributed by atoms with Crippen LogP contribution < -0.4 is 10.4 Å². The number of phenols is 1. The minimum atomic E-state index is -0.652. The molecule has 0 atom stereocenters. The highest BCUT2D eigenvalue weighted by Gasteiger charge is 2.48. The van der Waals surface area contributed by atoms with Gasteiger partial charge in [-0.25, -0.2) is 4.79 Å². The summed E-state index contributed by atoms with van der Waals surface area (Å²) in [6.07, 6.45) is 4.58. The smallest absolute Gasteiger partial charge is 0.343 e. The molecule has 2 heterocycles. The number of rotatable bonds is 3. The second-order valence-electron chi connectivity index (χ2n) is 6.87. The zero-order valence-corrected chi connectivity index (χ0v) is 15.3. The number of nitrogens with zero attached hydrogens (tertiary/aromatic N) is 2. The Morgan fingerprint density at radius 3 is 2.69 bits per heavy atom. The van der Waals surface area contributed by atoms with Gasteiger partial charge in [0.05, 0.1) is 29.9 Å². The third kappa shape index (κ3) is 2.40. The minimum Gasteiger partial charge on any atom is -0.506 e. The molecule has 6 nitrogen and oxygen atoms in total. The van der Waals surface area contributed by atoms with Crippen LogP contribution in [-0.4, -0.2) is 28.4 Å². The Labute approximate surface area is 155 Å². The first-order chi connectivity index (χ1) is 12.4. The van der Waals surface area contributed by atoms with Gasteiger partial charge in [-0.3, -0.25) is 9.47 Å². The van der Waals surface area contributed by atoms with Crippen LogP contribution in [0.25, 0.3) is 11.3 Å². The molecule has 2 aliphatic rings. The van der Waals surface area contributed by atoms with Crippen molar-refractivity contribution in [3.63, 3.8) is 0 Å². The molecule has 0 spiro atoms. The van der Waals surface area contributed by atoms with E-state index in [0.29, 0.717) is 12.2 Å². The molecule has 2 aromatic rings. The SMILES string of the molecule is CCC1(N2Cc3cc(O)c(Cl)cc3-c3cc(=O)c(C(=O)OC)cn32)CC1. The van der Waals surface area contributed by atoms with Crippen molar-refractivity contribution in [2.45, 2.75) is 38.3 Å². The van der Waals surface area contributed by atoms with Crippen molar-refractivity contribution in [1.82, 2.24) is 4.68 Å². The molecule has 4 rings (SSSR count). The Morgan fingerprint density at radius 2 is 2.08 bits per heavy atom. The summed E-state index contributed by atoms with van der Waals surface area (Å²) in [4.78, 5) is 24.5. The number of phenolic OH excluding ortho intramolecular Hbond substituents is 1. The van der Waals surface area contributed by atoms with Gasteiger partial charge in [-0.15, -0.1) is 0 Å². The molecule has 26 heavy (non-hydrogen) atoms. The van der Waals surface area contributed by atoms with Gasteiger partial charge in [-0.05, 0) is 37.0 Å². The summed E-state index contributed by atoms with van der Waals surface area (Å²) < 4.78 is 6.63. The molecule has 1 aliphatic carbocycles. The average Bonchev–Trinajstić information content (AvgIpc) is 3.42. The number of aromatic hydroxyl groups is 1. The number of hydrogen-bond donors (Lipinski definition) is 1. The Balaban J connectivity index is 1.98. The zero-order valence-electron chi connectivity index (χ0n) is 14.6. The number of carbonyl (C=O) groups excluding carboxylic acids is 1. The number of carbonyl (C=O) groups is 1. The second kappa shape index (κ2) is 5.77. The largest absolute Gasteiger partial charge is 0.506 e. The van der Waals surface area contributed by atoms with Crippen molar-refractivity contribution in [2.24, 2.45) is 0 Å². The van der Waals surface area contributed by atoms with E-state index < -0.39 is 11.4 Å². The molecular formula is C19H19ClN2O4. The predicted octanol–water partition coefficient (Wildman–Crippen LogP) is 3.06. The van der Waals surface area contributed by atoms with Gasteiger partial charge in [0, 0.05) is 17.8 Å². The van der Waals surface area contributed by atoms with Crippen LogP contribution in [-0.2, 0) is 11.3 Å². The number of ether oxygens (including phenoxy) is 1. The van der Waals surface area contributed by atoms with Crippen LogP contribution >= 0.6 is 11.6 Å². The van der Waals surface area contributed by atoms with Crippen LogP contribution in [0.4, 0.5) is 0 Å². The topological polar surface area (TPSA) is 71.8 Å². The van der Waals surface area contributed by atoms with Crippen LogP contribution in [0, 0.1) is 0 Å². The molecule has 1 aromatic carbocycles. The van der Waals surface area contributed by atoms with E-state index in [1.54, 1.807) is 18.3 Å². The first kappa shape index (κ1) is 17.0. The lowest BCUT2D eigenvalue weighted by atomic mass is 9.99. The van der Waals surface area contributed by atoms with Gasteiger partial charge in [-0.2, -0.15) is 0 Å². The highest BCUT2D eigenvalue weighted by molar-refractivity contribution is 6.32. The van der Waals surface area contributed by atoms with Gasteiger partial charge >= 0.3 is 5.97 Å². The third-order valence-electron chi connectivity index (χ3n) is 5.50. The molecule has 1 saturated carbocycles. The van der Waals surface area contributed by atoms with E-state index in [2.05, 4.69) is 11.9 Å². The molecular weight excluding hydrogens is 356 g/mol. The number of esters is 1. The van der Waals surface area contributed by atoms with E-state index in [9.17, 15) is 14.7 Å². The number of benzene rings is 1. The third-order valence-corrected chi connectivity index (χ3v) is 5.80. The molecule has 1 aromatic heterocycles. The highest BCUT2D eigenvalue weighted by Crippen LogP contribution is 2.47. The number of halogens is 1. The fourth-order valence-electron chi connectivity index (χ4n) is 3.73. The summed E-state index contributed by atoms with van der Waals surface area (Å²) >= 11 is 6.10. The van der Waals surface area contributed by atoms with Gasteiger partial charge in [-0.1, -0.05) is 18.5 Å². The van der Waals surface area contributed by atoms with Gasteiger partial charge in [0.15, 0.2) is 5.43 Å². The average molecular weight is 375 g/mol. The zero-order chi connectivity index (χ0) is 18.6. The molecule has 0 amide bonds. The number of methoxy groups -OCH3 is 1. The lowest BCUT2D eigenvalue weighted by Gasteiger charge is -2.41. The quantitative estimate of drug-likeness (QED) is 0.836. The summed E-state index contributed by atoms with van der Waals surface area (Å²) in [7, 11) is 1.26. The Bertz CT molecular complexity index is 978.